The lowest BCUT2D eigenvalue weighted by Gasteiger charge is -2.09. The van der Waals surface area contributed by atoms with Crippen molar-refractivity contribution in [1.29, 1.82) is 0 Å². The molecule has 3 aromatic heterocycles. The van der Waals surface area contributed by atoms with E-state index < -0.39 is 0 Å². The quantitative estimate of drug-likeness (QED) is 0.132. The molecule has 0 aliphatic heterocycles. The Bertz CT molecular complexity index is 4070. The molecule has 13 aromatic rings. The van der Waals surface area contributed by atoms with Crippen molar-refractivity contribution in [2.24, 2.45) is 0 Å². The number of benzene rings is 10. The van der Waals surface area contributed by atoms with Crippen molar-refractivity contribution in [3.05, 3.63) is 297 Å². The van der Waals surface area contributed by atoms with Gasteiger partial charge in [-0.3, -0.25) is 0 Å². The third-order valence-electron chi connectivity index (χ3n) is 13.2. The van der Waals surface area contributed by atoms with Crippen molar-refractivity contribution in [2.45, 2.75) is 20.8 Å². The molecular formula is C72H55N9. The molecule has 10 aromatic carbocycles. The zero-order valence-corrected chi connectivity index (χ0v) is 45.1. The maximum absolute atomic E-state index is 4.82. The van der Waals surface area contributed by atoms with E-state index in [0.29, 0.717) is 46.6 Å². The molecule has 13 rings (SSSR count). The summed E-state index contributed by atoms with van der Waals surface area (Å²) in [5, 5.41) is 0. The fraction of sp³-hybridized carbons (Fsp3) is 0.0417. The molecule has 0 amide bonds. The molecule has 388 valence electrons. The summed E-state index contributed by atoms with van der Waals surface area (Å²) >= 11 is 0. The molecule has 0 N–H and O–H groups in total. The van der Waals surface area contributed by atoms with Crippen molar-refractivity contribution in [3.63, 3.8) is 0 Å². The molecule has 0 saturated heterocycles. The lowest BCUT2D eigenvalue weighted by molar-refractivity contribution is 0.991. The molecule has 0 unspecified atom stereocenters. The third-order valence-corrected chi connectivity index (χ3v) is 13.2. The molecule has 9 nitrogen and oxygen atoms in total. The first-order chi connectivity index (χ1) is 39.8. The summed E-state index contributed by atoms with van der Waals surface area (Å²) in [6.45, 7) is 5.71. The zero-order chi connectivity index (χ0) is 55.2. The highest BCUT2D eigenvalue weighted by Crippen LogP contribution is 2.30. The van der Waals surface area contributed by atoms with Crippen LogP contribution in [0.15, 0.2) is 279 Å². The van der Waals surface area contributed by atoms with Gasteiger partial charge in [0, 0.05) is 33.4 Å². The van der Waals surface area contributed by atoms with Gasteiger partial charge in [-0.15, -0.1) is 0 Å². The van der Waals surface area contributed by atoms with Gasteiger partial charge in [-0.2, -0.15) is 0 Å². The fourth-order valence-electron chi connectivity index (χ4n) is 9.24. The van der Waals surface area contributed by atoms with Crippen LogP contribution in [0.4, 0.5) is 0 Å². The van der Waals surface area contributed by atoms with Crippen LogP contribution < -0.4 is 0 Å². The van der Waals surface area contributed by atoms with Crippen LogP contribution in [0.1, 0.15) is 17.5 Å². The van der Waals surface area contributed by atoms with E-state index in [1.807, 2.05) is 191 Å². The Labute approximate surface area is 472 Å². The van der Waals surface area contributed by atoms with Gasteiger partial charge in [-0.25, -0.2) is 44.9 Å². The van der Waals surface area contributed by atoms with Crippen LogP contribution in [0, 0.1) is 20.8 Å². The Morgan fingerprint density at radius 1 is 0.148 bits per heavy atom. The zero-order valence-electron chi connectivity index (χ0n) is 45.1. The Balaban J connectivity index is 0.000000129. The van der Waals surface area contributed by atoms with Gasteiger partial charge >= 0.3 is 0 Å². The summed E-state index contributed by atoms with van der Waals surface area (Å²) in [5.41, 5.74) is 15.3. The van der Waals surface area contributed by atoms with Crippen molar-refractivity contribution in [1.82, 2.24) is 44.9 Å². The first-order valence-electron chi connectivity index (χ1n) is 26.8. The summed E-state index contributed by atoms with van der Waals surface area (Å²) in [7, 11) is 0. The Hall–Kier alpha value is -10.8. The maximum atomic E-state index is 4.82. The van der Waals surface area contributed by atoms with Crippen LogP contribution in [-0.2, 0) is 0 Å². The van der Waals surface area contributed by atoms with Crippen LogP contribution in [0.2, 0.25) is 0 Å². The number of hydrogen-bond donors (Lipinski definition) is 0. The first kappa shape index (κ1) is 52.3. The molecule has 9 heteroatoms. The van der Waals surface area contributed by atoms with E-state index in [-0.39, 0.29) is 0 Å². The number of hydrogen-bond acceptors (Lipinski definition) is 9. The van der Waals surface area contributed by atoms with Crippen LogP contribution in [0.5, 0.6) is 0 Å². The van der Waals surface area contributed by atoms with Gasteiger partial charge in [0.1, 0.15) is 17.5 Å². The Morgan fingerprint density at radius 2 is 0.321 bits per heavy atom. The molecule has 0 atom stereocenters. The van der Waals surface area contributed by atoms with Gasteiger partial charge in [0.15, 0.2) is 34.9 Å². The minimum absolute atomic E-state index is 0.686. The number of nitrogens with zero attached hydrogens (tertiary/aromatic N) is 9. The van der Waals surface area contributed by atoms with Crippen LogP contribution >= 0.6 is 0 Å². The maximum Gasteiger partial charge on any atom is 0.163 e. The third kappa shape index (κ3) is 13.3. The summed E-state index contributed by atoms with van der Waals surface area (Å²) < 4.78 is 0. The first-order valence-corrected chi connectivity index (χ1v) is 26.8. The van der Waals surface area contributed by atoms with E-state index in [4.69, 9.17) is 4.98 Å². The predicted molar refractivity (Wildman–Crippen MR) is 328 cm³/mol. The minimum atomic E-state index is 0.686. The van der Waals surface area contributed by atoms with Crippen LogP contribution in [0.25, 0.3) is 113 Å². The standard InChI is InChI=1S/C28H21N3.2C22H17N3/c1-20-29-27(25-16-8-14-23(18-25)21-10-4-2-5-11-21)31-28(30-20)26-17-9-15-24(19-26)22-12-6-3-7-13-22;1-16-23-21(18-11-6-3-7-12-18)25-22(24-16)20-14-8-13-19(15-20)17-9-4-2-5-10-17;1-16-23-21(19-10-6-3-7-11-19)25-22(24-16)20-14-12-18(13-15-20)17-8-4-2-5-9-17/h2-19H,1H3;2*2-15H,1H3. The van der Waals surface area contributed by atoms with E-state index in [2.05, 4.69) is 149 Å². The van der Waals surface area contributed by atoms with E-state index in [9.17, 15) is 0 Å². The fourth-order valence-corrected chi connectivity index (χ4v) is 9.24. The second kappa shape index (κ2) is 25.1. The topological polar surface area (TPSA) is 116 Å². The monoisotopic (exact) mass is 1050 g/mol. The number of rotatable bonds is 10. The number of aromatic nitrogens is 9. The van der Waals surface area contributed by atoms with Gasteiger partial charge in [-0.1, -0.05) is 261 Å². The van der Waals surface area contributed by atoms with E-state index in [0.717, 1.165) is 55.9 Å². The van der Waals surface area contributed by atoms with Crippen molar-refractivity contribution < 1.29 is 0 Å². The summed E-state index contributed by atoms with van der Waals surface area (Å²) in [4.78, 5) is 41.4. The summed E-state index contributed by atoms with van der Waals surface area (Å²) in [5.74, 6) is 6.31. The number of aryl methyl sites for hydroxylation is 3. The molecule has 0 aliphatic rings. The van der Waals surface area contributed by atoms with Gasteiger partial charge in [-0.05, 0) is 83.5 Å². The molecule has 81 heavy (non-hydrogen) atoms. The van der Waals surface area contributed by atoms with Crippen molar-refractivity contribution in [2.75, 3.05) is 0 Å². The lowest BCUT2D eigenvalue weighted by Crippen LogP contribution is -1.99. The normalized spacial score (nSPS) is 10.7. The Kier molecular flexibility index (Phi) is 16.2. The highest BCUT2D eigenvalue weighted by molar-refractivity contribution is 5.75. The average molecular weight is 1050 g/mol. The molecule has 3 heterocycles. The van der Waals surface area contributed by atoms with E-state index in [1.165, 1.54) is 27.8 Å². The predicted octanol–water partition coefficient (Wildman–Crippen LogP) is 17.2. The smallest absolute Gasteiger partial charge is 0.163 e. The molecular weight excluding hydrogens is 991 g/mol. The minimum Gasteiger partial charge on any atom is -0.213 e. The van der Waals surface area contributed by atoms with Crippen LogP contribution in [0.3, 0.4) is 0 Å². The molecule has 0 bridgehead atoms. The lowest BCUT2D eigenvalue weighted by atomic mass is 10.0. The van der Waals surface area contributed by atoms with E-state index in [1.54, 1.807) is 0 Å². The highest BCUT2D eigenvalue weighted by atomic mass is 15.0. The van der Waals surface area contributed by atoms with E-state index >= 15 is 0 Å². The average Bonchev–Trinajstić information content (AvgIpc) is 3.59. The molecule has 0 radical (unpaired) electrons. The SMILES string of the molecule is Cc1nc(-c2cccc(-c3ccccc3)c2)nc(-c2cccc(-c3ccccc3)c2)n1.Cc1nc(-c2ccccc2)nc(-c2ccc(-c3ccccc3)cc2)n1.Cc1nc(-c2ccccc2)nc(-c2cccc(-c3ccccc3)c2)n1. The Morgan fingerprint density at radius 3 is 0.593 bits per heavy atom. The van der Waals surface area contributed by atoms with Gasteiger partial charge in [0.2, 0.25) is 0 Å². The molecule has 0 spiro atoms. The van der Waals surface area contributed by atoms with Gasteiger partial charge < -0.3 is 0 Å². The second-order valence-corrected chi connectivity index (χ2v) is 19.1. The van der Waals surface area contributed by atoms with Crippen LogP contribution in [-0.4, -0.2) is 44.9 Å². The molecule has 0 saturated carbocycles. The summed E-state index contributed by atoms with van der Waals surface area (Å²) in [6.07, 6.45) is 0. The van der Waals surface area contributed by atoms with Gasteiger partial charge in [0.25, 0.3) is 0 Å². The second-order valence-electron chi connectivity index (χ2n) is 19.1. The van der Waals surface area contributed by atoms with Crippen molar-refractivity contribution in [3.8, 4) is 113 Å². The largest absolute Gasteiger partial charge is 0.213 e. The molecule has 0 aliphatic carbocycles. The van der Waals surface area contributed by atoms with Gasteiger partial charge in [0.05, 0.1) is 0 Å². The highest BCUT2D eigenvalue weighted by Gasteiger charge is 2.13. The van der Waals surface area contributed by atoms with Crippen molar-refractivity contribution >= 4 is 0 Å². The summed E-state index contributed by atoms with van der Waals surface area (Å²) in [6, 6.07) is 94.6. The molecule has 0 fully saturated rings.